The Morgan fingerprint density at radius 1 is 1.17 bits per heavy atom. The molecule has 1 saturated heterocycles. The fraction of sp³-hybridized carbons (Fsp3) is 0.667. The van der Waals surface area contributed by atoms with Crippen LogP contribution in [0.15, 0.2) is 5.38 Å². The van der Waals surface area contributed by atoms with Crippen molar-refractivity contribution in [3.63, 3.8) is 0 Å². The van der Waals surface area contributed by atoms with Gasteiger partial charge in [-0.25, -0.2) is 9.97 Å². The molecule has 0 spiro atoms. The Kier molecular flexibility index (Phi) is 5.37. The highest BCUT2D eigenvalue weighted by atomic mass is 32.1. The Labute approximate surface area is 148 Å². The van der Waals surface area contributed by atoms with E-state index in [0.29, 0.717) is 5.92 Å². The Hall–Kier alpha value is -1.24. The molecule has 1 aliphatic heterocycles. The van der Waals surface area contributed by atoms with E-state index >= 15 is 0 Å². The number of aryl methyl sites for hydroxylation is 1. The number of hydrogen-bond acceptors (Lipinski definition) is 6. The molecule has 3 heterocycles. The van der Waals surface area contributed by atoms with Crippen molar-refractivity contribution >= 4 is 27.4 Å². The summed E-state index contributed by atoms with van der Waals surface area (Å²) in [6, 6.07) is 0. The number of aliphatic hydroxyl groups is 1. The summed E-state index contributed by atoms with van der Waals surface area (Å²) >= 11 is 1.74. The first-order valence-electron chi connectivity index (χ1n) is 8.84. The molecule has 3 rings (SSSR count). The summed E-state index contributed by atoms with van der Waals surface area (Å²) in [5, 5.41) is 13.1. The minimum Gasteiger partial charge on any atom is -0.392 e. The van der Waals surface area contributed by atoms with Gasteiger partial charge in [-0.1, -0.05) is 13.8 Å². The lowest BCUT2D eigenvalue weighted by Crippen LogP contribution is -2.48. The van der Waals surface area contributed by atoms with E-state index in [1.54, 1.807) is 11.3 Å². The van der Waals surface area contributed by atoms with Gasteiger partial charge >= 0.3 is 0 Å². The van der Waals surface area contributed by atoms with E-state index in [2.05, 4.69) is 34.0 Å². The monoisotopic (exact) mass is 348 g/mol. The number of thiophene rings is 1. The third kappa shape index (κ3) is 3.87. The Bertz CT molecular complexity index is 690. The molecular formula is C18H28N4OS. The Morgan fingerprint density at radius 3 is 2.50 bits per heavy atom. The van der Waals surface area contributed by atoms with Crippen molar-refractivity contribution in [3.05, 3.63) is 16.8 Å². The average Bonchev–Trinajstić information content (AvgIpc) is 2.88. The molecule has 1 aliphatic rings. The van der Waals surface area contributed by atoms with E-state index in [-0.39, 0.29) is 6.10 Å². The van der Waals surface area contributed by atoms with Crippen LogP contribution >= 0.6 is 11.3 Å². The lowest BCUT2D eigenvalue weighted by molar-refractivity contribution is 0.122. The van der Waals surface area contributed by atoms with E-state index in [1.807, 2.05) is 13.8 Å². The standard InChI is InChI=1S/C18H28N4OS/c1-12(2)9-15-11-24-18-16(15)17(19-14(4)20-18)22-7-5-21(6-8-22)10-13(3)23/h11-13,23H,5-10H2,1-4H3/t13-/m1/s1. The maximum atomic E-state index is 9.58. The first-order valence-corrected chi connectivity index (χ1v) is 9.72. The number of aromatic nitrogens is 2. The molecule has 0 amide bonds. The van der Waals surface area contributed by atoms with Crippen molar-refractivity contribution in [1.82, 2.24) is 14.9 Å². The third-order valence-electron chi connectivity index (χ3n) is 4.42. The topological polar surface area (TPSA) is 52.5 Å². The van der Waals surface area contributed by atoms with Crippen LogP contribution in [0.5, 0.6) is 0 Å². The van der Waals surface area contributed by atoms with Crippen LogP contribution in [0.25, 0.3) is 10.2 Å². The summed E-state index contributed by atoms with van der Waals surface area (Å²) in [5.74, 6) is 2.58. The van der Waals surface area contributed by atoms with Gasteiger partial charge in [-0.15, -0.1) is 11.3 Å². The molecule has 0 saturated carbocycles. The maximum Gasteiger partial charge on any atom is 0.141 e. The largest absolute Gasteiger partial charge is 0.392 e. The van der Waals surface area contributed by atoms with Crippen LogP contribution in [0.3, 0.4) is 0 Å². The molecule has 5 nitrogen and oxygen atoms in total. The molecule has 1 fully saturated rings. The number of rotatable bonds is 5. The van der Waals surface area contributed by atoms with E-state index in [0.717, 1.165) is 55.6 Å². The van der Waals surface area contributed by atoms with Crippen molar-refractivity contribution in [2.45, 2.75) is 40.2 Å². The first kappa shape index (κ1) is 17.6. The summed E-state index contributed by atoms with van der Waals surface area (Å²) in [5.41, 5.74) is 1.38. The van der Waals surface area contributed by atoms with Crippen molar-refractivity contribution in [1.29, 1.82) is 0 Å². The molecule has 2 aromatic rings. The van der Waals surface area contributed by atoms with Crippen molar-refractivity contribution in [2.24, 2.45) is 5.92 Å². The Morgan fingerprint density at radius 2 is 1.88 bits per heavy atom. The zero-order chi connectivity index (χ0) is 17.3. The van der Waals surface area contributed by atoms with Gasteiger partial charge in [-0.3, -0.25) is 4.90 Å². The number of hydrogen-bond donors (Lipinski definition) is 1. The van der Waals surface area contributed by atoms with Crippen LogP contribution < -0.4 is 4.90 Å². The van der Waals surface area contributed by atoms with Crippen LogP contribution in [0, 0.1) is 12.8 Å². The van der Waals surface area contributed by atoms with Crippen molar-refractivity contribution in [2.75, 3.05) is 37.6 Å². The second-order valence-electron chi connectivity index (χ2n) is 7.27. The fourth-order valence-corrected chi connectivity index (χ4v) is 4.41. The number of fused-ring (bicyclic) bond motifs is 1. The third-order valence-corrected chi connectivity index (χ3v) is 5.35. The maximum absolute atomic E-state index is 9.58. The van der Waals surface area contributed by atoms with Gasteiger partial charge in [0, 0.05) is 32.7 Å². The van der Waals surface area contributed by atoms with Crippen LogP contribution in [-0.2, 0) is 6.42 Å². The molecule has 6 heteroatoms. The predicted octanol–water partition coefficient (Wildman–Crippen LogP) is 2.70. The number of aliphatic hydroxyl groups excluding tert-OH is 1. The summed E-state index contributed by atoms with van der Waals surface area (Å²) < 4.78 is 0. The highest BCUT2D eigenvalue weighted by molar-refractivity contribution is 7.17. The second kappa shape index (κ2) is 7.33. The van der Waals surface area contributed by atoms with E-state index in [4.69, 9.17) is 4.98 Å². The van der Waals surface area contributed by atoms with Crippen LogP contribution in [0.2, 0.25) is 0 Å². The molecule has 1 atom stereocenters. The van der Waals surface area contributed by atoms with Crippen molar-refractivity contribution in [3.8, 4) is 0 Å². The molecule has 0 aromatic carbocycles. The highest BCUT2D eigenvalue weighted by Gasteiger charge is 2.23. The van der Waals surface area contributed by atoms with E-state index in [1.165, 1.54) is 10.9 Å². The van der Waals surface area contributed by atoms with Gasteiger partial charge in [0.25, 0.3) is 0 Å². The average molecular weight is 349 g/mol. The molecule has 0 aliphatic carbocycles. The van der Waals surface area contributed by atoms with Gasteiger partial charge in [-0.05, 0) is 37.1 Å². The minimum atomic E-state index is -0.265. The molecule has 132 valence electrons. The lowest BCUT2D eigenvalue weighted by atomic mass is 10.0. The number of β-amino-alcohol motifs (C(OH)–C–C–N with tert-alkyl or cyclic N) is 1. The smallest absolute Gasteiger partial charge is 0.141 e. The summed E-state index contributed by atoms with van der Waals surface area (Å²) in [7, 11) is 0. The number of anilines is 1. The second-order valence-corrected chi connectivity index (χ2v) is 8.13. The fourth-order valence-electron chi connectivity index (χ4n) is 3.42. The molecule has 0 radical (unpaired) electrons. The van der Waals surface area contributed by atoms with Gasteiger partial charge in [0.2, 0.25) is 0 Å². The van der Waals surface area contributed by atoms with Crippen molar-refractivity contribution < 1.29 is 5.11 Å². The Balaban J connectivity index is 1.87. The zero-order valence-corrected chi connectivity index (χ0v) is 15.9. The normalized spacial score (nSPS) is 17.8. The molecule has 0 bridgehead atoms. The van der Waals surface area contributed by atoms with E-state index in [9.17, 15) is 5.11 Å². The summed E-state index contributed by atoms with van der Waals surface area (Å²) in [4.78, 5) is 15.3. The van der Waals surface area contributed by atoms with Crippen LogP contribution in [-0.4, -0.2) is 58.8 Å². The number of piperazine rings is 1. The molecule has 0 unspecified atom stereocenters. The van der Waals surface area contributed by atoms with Crippen LogP contribution in [0.4, 0.5) is 5.82 Å². The summed E-state index contributed by atoms with van der Waals surface area (Å²) in [6.07, 6.45) is 0.806. The molecule has 1 N–H and O–H groups in total. The molecule has 24 heavy (non-hydrogen) atoms. The van der Waals surface area contributed by atoms with Gasteiger partial charge in [0.1, 0.15) is 16.5 Å². The molecular weight excluding hydrogens is 320 g/mol. The van der Waals surface area contributed by atoms with Gasteiger partial charge in [0.15, 0.2) is 0 Å². The molecule has 2 aromatic heterocycles. The van der Waals surface area contributed by atoms with Gasteiger partial charge in [0.05, 0.1) is 11.5 Å². The lowest BCUT2D eigenvalue weighted by Gasteiger charge is -2.36. The quantitative estimate of drug-likeness (QED) is 0.900. The predicted molar refractivity (Wildman–Crippen MR) is 101 cm³/mol. The highest BCUT2D eigenvalue weighted by Crippen LogP contribution is 2.33. The SMILES string of the molecule is Cc1nc(N2CCN(C[C@@H](C)O)CC2)c2c(CC(C)C)csc2n1. The first-order chi connectivity index (χ1) is 11.4. The zero-order valence-electron chi connectivity index (χ0n) is 15.1. The summed E-state index contributed by atoms with van der Waals surface area (Å²) in [6.45, 7) is 13.0. The van der Waals surface area contributed by atoms with Gasteiger partial charge < -0.3 is 10.0 Å². The van der Waals surface area contributed by atoms with Gasteiger partial charge in [-0.2, -0.15) is 0 Å². The van der Waals surface area contributed by atoms with E-state index < -0.39 is 0 Å². The minimum absolute atomic E-state index is 0.265. The number of nitrogens with zero attached hydrogens (tertiary/aromatic N) is 4. The van der Waals surface area contributed by atoms with Crippen LogP contribution in [0.1, 0.15) is 32.2 Å².